The molecule has 0 aliphatic heterocycles. The van der Waals surface area contributed by atoms with Crippen molar-refractivity contribution in [3.63, 3.8) is 0 Å². The predicted octanol–water partition coefficient (Wildman–Crippen LogP) is 4.42. The number of esters is 1. The van der Waals surface area contributed by atoms with Crippen LogP contribution in [0.3, 0.4) is 0 Å². The predicted molar refractivity (Wildman–Crippen MR) is 110 cm³/mol. The number of amides is 1. The summed E-state index contributed by atoms with van der Waals surface area (Å²) in [5.41, 5.74) is 0.914. The van der Waals surface area contributed by atoms with Crippen LogP contribution in [0.1, 0.15) is 22.3 Å². The summed E-state index contributed by atoms with van der Waals surface area (Å²) in [4.78, 5) is 36.5. The van der Waals surface area contributed by atoms with Gasteiger partial charge in [0.05, 0.1) is 27.4 Å². The Bertz CT molecular complexity index is 1010. The number of aryl methyl sites for hydroxylation is 1. The van der Waals surface area contributed by atoms with Crippen molar-refractivity contribution in [2.75, 3.05) is 18.1 Å². The molecule has 0 aliphatic carbocycles. The van der Waals surface area contributed by atoms with Gasteiger partial charge in [0.25, 0.3) is 11.6 Å². The first-order chi connectivity index (χ1) is 13.7. The maximum Gasteiger partial charge on any atom is 0.338 e. The zero-order valence-corrected chi connectivity index (χ0v) is 17.6. The van der Waals surface area contributed by atoms with Crippen LogP contribution in [0, 0.1) is 28.4 Å². The maximum atomic E-state index is 12.6. The highest BCUT2D eigenvalue weighted by molar-refractivity contribution is 9.10. The molecule has 10 heteroatoms. The first-order valence-corrected chi connectivity index (χ1v) is 9.46. The molecule has 0 fully saturated rings. The fraction of sp³-hybridized carbons (Fsp3) is 0.211. The number of nitro groups is 1. The van der Waals surface area contributed by atoms with Gasteiger partial charge in [0.15, 0.2) is 6.61 Å². The van der Waals surface area contributed by atoms with Gasteiger partial charge in [-0.2, -0.15) is 5.26 Å². The molecule has 0 atom stereocenters. The number of anilines is 1. The molecular formula is C19H15BrClN3O5. The van der Waals surface area contributed by atoms with Crippen LogP contribution >= 0.6 is 27.5 Å². The SMILES string of the molecule is Cc1cc(N(CCC#N)C(=O)COC(=O)c2ccc(Br)c([N+](=O)[O-])c2)ccc1Cl. The Morgan fingerprint density at radius 2 is 2.03 bits per heavy atom. The second kappa shape index (κ2) is 10.0. The van der Waals surface area contributed by atoms with Gasteiger partial charge in [-0.1, -0.05) is 11.6 Å². The fourth-order valence-corrected chi connectivity index (χ4v) is 2.93. The Hall–Kier alpha value is -2.96. The van der Waals surface area contributed by atoms with Gasteiger partial charge in [-0.15, -0.1) is 0 Å². The van der Waals surface area contributed by atoms with Gasteiger partial charge in [0.2, 0.25) is 0 Å². The molecule has 0 bridgehead atoms. The Balaban J connectivity index is 2.14. The molecule has 2 aromatic carbocycles. The summed E-state index contributed by atoms with van der Waals surface area (Å²) in [5.74, 6) is -1.41. The normalized spacial score (nSPS) is 10.1. The van der Waals surface area contributed by atoms with Crippen molar-refractivity contribution in [1.29, 1.82) is 5.26 Å². The van der Waals surface area contributed by atoms with E-state index in [2.05, 4.69) is 15.9 Å². The molecule has 0 unspecified atom stereocenters. The van der Waals surface area contributed by atoms with Crippen molar-refractivity contribution in [3.05, 3.63) is 67.1 Å². The Morgan fingerprint density at radius 1 is 1.31 bits per heavy atom. The molecule has 1 amide bonds. The number of hydrogen-bond donors (Lipinski definition) is 0. The summed E-state index contributed by atoms with van der Waals surface area (Å²) < 4.78 is 5.24. The van der Waals surface area contributed by atoms with Crippen LogP contribution in [0.25, 0.3) is 0 Å². The second-order valence-corrected chi connectivity index (χ2v) is 7.15. The number of rotatable bonds is 7. The molecule has 0 radical (unpaired) electrons. The summed E-state index contributed by atoms with van der Waals surface area (Å²) >= 11 is 9.04. The lowest BCUT2D eigenvalue weighted by Crippen LogP contribution is -2.35. The van der Waals surface area contributed by atoms with Crippen molar-refractivity contribution < 1.29 is 19.2 Å². The van der Waals surface area contributed by atoms with E-state index >= 15 is 0 Å². The number of halogens is 2. The van der Waals surface area contributed by atoms with Gasteiger partial charge < -0.3 is 9.64 Å². The largest absolute Gasteiger partial charge is 0.452 e. The van der Waals surface area contributed by atoms with Crippen LogP contribution in [-0.2, 0) is 9.53 Å². The van der Waals surface area contributed by atoms with Crippen LogP contribution in [0.15, 0.2) is 40.9 Å². The number of nitriles is 1. The average molecular weight is 481 g/mol. The molecule has 2 rings (SSSR count). The summed E-state index contributed by atoms with van der Waals surface area (Å²) in [6, 6.07) is 10.7. The summed E-state index contributed by atoms with van der Waals surface area (Å²) in [6.07, 6.45) is 0.0836. The smallest absolute Gasteiger partial charge is 0.338 e. The Morgan fingerprint density at radius 3 is 2.66 bits per heavy atom. The van der Waals surface area contributed by atoms with Gasteiger partial charge in [-0.3, -0.25) is 14.9 Å². The zero-order chi connectivity index (χ0) is 21.6. The summed E-state index contributed by atoms with van der Waals surface area (Å²) in [7, 11) is 0. The first kappa shape index (κ1) is 22.3. The molecule has 0 heterocycles. The number of nitro benzene ring substituents is 1. The molecular weight excluding hydrogens is 466 g/mol. The number of hydrogen-bond acceptors (Lipinski definition) is 6. The van der Waals surface area contributed by atoms with Crippen molar-refractivity contribution in [2.45, 2.75) is 13.3 Å². The quantitative estimate of drug-likeness (QED) is 0.329. The highest BCUT2D eigenvalue weighted by atomic mass is 79.9. The Kier molecular flexibility index (Phi) is 7.70. The number of nitrogens with zero attached hydrogens (tertiary/aromatic N) is 3. The van der Waals surface area contributed by atoms with Crippen molar-refractivity contribution in [3.8, 4) is 6.07 Å². The topological polar surface area (TPSA) is 114 Å². The van der Waals surface area contributed by atoms with E-state index in [1.54, 1.807) is 25.1 Å². The van der Waals surface area contributed by atoms with E-state index in [9.17, 15) is 19.7 Å². The molecule has 0 aliphatic rings. The number of ether oxygens (including phenoxy) is 1. The van der Waals surface area contributed by atoms with E-state index < -0.39 is 23.4 Å². The molecule has 150 valence electrons. The van der Waals surface area contributed by atoms with Crippen LogP contribution < -0.4 is 4.90 Å². The van der Waals surface area contributed by atoms with Gasteiger partial charge in [0.1, 0.15) is 0 Å². The average Bonchev–Trinajstić information content (AvgIpc) is 2.69. The summed E-state index contributed by atoms with van der Waals surface area (Å²) in [6.45, 7) is 1.30. The zero-order valence-electron chi connectivity index (χ0n) is 15.2. The highest BCUT2D eigenvalue weighted by Gasteiger charge is 2.21. The number of benzene rings is 2. The third-order valence-corrected chi connectivity index (χ3v) is 5.00. The summed E-state index contributed by atoms with van der Waals surface area (Å²) in [5, 5.41) is 20.4. The number of carbonyl (C=O) groups is 2. The Labute approximate surface area is 179 Å². The first-order valence-electron chi connectivity index (χ1n) is 8.29. The van der Waals surface area contributed by atoms with E-state index in [1.807, 2.05) is 6.07 Å². The van der Waals surface area contributed by atoms with Crippen molar-refractivity contribution >= 4 is 50.8 Å². The lowest BCUT2D eigenvalue weighted by atomic mass is 10.2. The van der Waals surface area contributed by atoms with E-state index in [0.717, 1.165) is 11.6 Å². The van der Waals surface area contributed by atoms with Crippen LogP contribution in [0.4, 0.5) is 11.4 Å². The van der Waals surface area contributed by atoms with E-state index in [4.69, 9.17) is 21.6 Å². The van der Waals surface area contributed by atoms with Gasteiger partial charge in [0, 0.05) is 23.3 Å². The van der Waals surface area contributed by atoms with Gasteiger partial charge in [-0.05, 0) is 58.7 Å². The minimum absolute atomic E-state index is 0.0568. The van der Waals surface area contributed by atoms with Crippen molar-refractivity contribution in [1.82, 2.24) is 0 Å². The lowest BCUT2D eigenvalue weighted by Gasteiger charge is -2.22. The lowest BCUT2D eigenvalue weighted by molar-refractivity contribution is -0.385. The molecule has 8 nitrogen and oxygen atoms in total. The third kappa shape index (κ3) is 5.76. The monoisotopic (exact) mass is 479 g/mol. The molecule has 29 heavy (non-hydrogen) atoms. The van der Waals surface area contributed by atoms with Crippen LogP contribution in [-0.4, -0.2) is 30.0 Å². The van der Waals surface area contributed by atoms with E-state index in [0.29, 0.717) is 10.7 Å². The van der Waals surface area contributed by atoms with E-state index in [-0.39, 0.29) is 28.7 Å². The molecule has 2 aromatic rings. The fourth-order valence-electron chi connectivity index (χ4n) is 2.42. The minimum Gasteiger partial charge on any atom is -0.452 e. The van der Waals surface area contributed by atoms with Crippen LogP contribution in [0.5, 0.6) is 0 Å². The standard InChI is InChI=1S/C19H15BrClN3O5/c1-12-9-14(4-6-16(12)21)23(8-2-7-22)18(25)11-29-19(26)13-3-5-15(20)17(10-13)24(27)28/h3-6,9-10H,2,8,11H2,1H3. The molecule has 0 saturated carbocycles. The molecule has 0 saturated heterocycles. The molecule has 0 N–H and O–H groups in total. The molecule has 0 spiro atoms. The van der Waals surface area contributed by atoms with E-state index in [1.165, 1.54) is 17.0 Å². The van der Waals surface area contributed by atoms with Gasteiger partial charge in [-0.25, -0.2) is 4.79 Å². The second-order valence-electron chi connectivity index (χ2n) is 5.89. The highest BCUT2D eigenvalue weighted by Crippen LogP contribution is 2.26. The molecule has 0 aromatic heterocycles. The minimum atomic E-state index is -0.874. The van der Waals surface area contributed by atoms with Crippen LogP contribution in [0.2, 0.25) is 5.02 Å². The van der Waals surface area contributed by atoms with Gasteiger partial charge >= 0.3 is 5.97 Å². The maximum absolute atomic E-state index is 12.6. The number of carbonyl (C=O) groups excluding carboxylic acids is 2. The third-order valence-electron chi connectivity index (χ3n) is 3.91. The van der Waals surface area contributed by atoms with Crippen molar-refractivity contribution in [2.24, 2.45) is 0 Å².